The molecule has 0 unspecified atom stereocenters. The molecule has 1 aromatic heterocycles. The first-order chi connectivity index (χ1) is 7.88. The molecule has 0 fully saturated rings. The fourth-order valence-electron chi connectivity index (χ4n) is 1.40. The number of hydrogen-bond donors (Lipinski definition) is 1. The van der Waals surface area contributed by atoms with Crippen molar-refractivity contribution < 1.29 is 4.74 Å². The second kappa shape index (κ2) is 7.80. The van der Waals surface area contributed by atoms with E-state index in [0.29, 0.717) is 12.2 Å². The Morgan fingerprint density at radius 3 is 3.12 bits per heavy atom. The summed E-state index contributed by atoms with van der Waals surface area (Å²) in [5.41, 5.74) is 1.46. The molecule has 0 aliphatic rings. The van der Waals surface area contributed by atoms with Crippen molar-refractivity contribution in [3.8, 4) is 6.07 Å². The van der Waals surface area contributed by atoms with Gasteiger partial charge in [0.05, 0.1) is 0 Å². The Morgan fingerprint density at radius 2 is 2.38 bits per heavy atom. The monoisotopic (exact) mass is 219 g/mol. The van der Waals surface area contributed by atoms with Crippen molar-refractivity contribution in [2.45, 2.75) is 19.4 Å². The van der Waals surface area contributed by atoms with E-state index in [-0.39, 0.29) is 0 Å². The average molecular weight is 219 g/mol. The lowest BCUT2D eigenvalue weighted by Gasteiger charge is -2.05. The second-order valence-electron chi connectivity index (χ2n) is 3.50. The highest BCUT2D eigenvalue weighted by molar-refractivity contribution is 5.30. The van der Waals surface area contributed by atoms with Crippen molar-refractivity contribution in [1.29, 1.82) is 5.26 Å². The van der Waals surface area contributed by atoms with E-state index in [2.05, 4.69) is 16.4 Å². The van der Waals surface area contributed by atoms with Crippen LogP contribution in [0.3, 0.4) is 0 Å². The van der Waals surface area contributed by atoms with Gasteiger partial charge in [0.2, 0.25) is 0 Å². The fourth-order valence-corrected chi connectivity index (χ4v) is 1.40. The molecule has 0 saturated carbocycles. The number of nitrogens with one attached hydrogen (secondary N) is 1. The Morgan fingerprint density at radius 1 is 1.50 bits per heavy atom. The summed E-state index contributed by atoms with van der Waals surface area (Å²) in [4.78, 5) is 4.00. The summed E-state index contributed by atoms with van der Waals surface area (Å²) in [7, 11) is 1.71. The van der Waals surface area contributed by atoms with Crippen LogP contribution in [-0.2, 0) is 11.3 Å². The molecule has 0 bridgehead atoms. The lowest BCUT2D eigenvalue weighted by molar-refractivity contribution is 0.192. The Balaban J connectivity index is 2.24. The lowest BCUT2D eigenvalue weighted by Crippen LogP contribution is -2.16. The number of nitrogens with zero attached hydrogens (tertiary/aromatic N) is 2. The molecule has 0 amide bonds. The third-order valence-electron chi connectivity index (χ3n) is 2.26. The van der Waals surface area contributed by atoms with Crippen LogP contribution in [0.5, 0.6) is 0 Å². The standard InChI is InChI=1S/C12H17N3O/c1-16-8-3-2-6-14-10-11-5-4-7-15-12(11)9-13/h4-5,7,14H,2-3,6,8,10H2,1H3. The van der Waals surface area contributed by atoms with Crippen LogP contribution in [0, 0.1) is 11.3 Å². The molecule has 0 radical (unpaired) electrons. The van der Waals surface area contributed by atoms with Crippen molar-refractivity contribution in [1.82, 2.24) is 10.3 Å². The predicted molar refractivity (Wildman–Crippen MR) is 61.8 cm³/mol. The molecule has 0 aliphatic carbocycles. The summed E-state index contributed by atoms with van der Waals surface area (Å²) in [6.45, 7) is 2.44. The molecular weight excluding hydrogens is 202 g/mol. The topological polar surface area (TPSA) is 57.9 Å². The third-order valence-corrected chi connectivity index (χ3v) is 2.26. The summed E-state index contributed by atoms with van der Waals surface area (Å²) in [5, 5.41) is 12.1. The third kappa shape index (κ3) is 4.39. The highest BCUT2D eigenvalue weighted by Crippen LogP contribution is 2.03. The van der Waals surface area contributed by atoms with Gasteiger partial charge in [0.1, 0.15) is 11.8 Å². The smallest absolute Gasteiger partial charge is 0.144 e. The van der Waals surface area contributed by atoms with E-state index in [4.69, 9.17) is 10.00 Å². The van der Waals surface area contributed by atoms with Gasteiger partial charge in [-0.25, -0.2) is 4.98 Å². The van der Waals surface area contributed by atoms with Gasteiger partial charge in [0.25, 0.3) is 0 Å². The number of unbranched alkanes of at least 4 members (excludes halogenated alkanes) is 1. The first-order valence-corrected chi connectivity index (χ1v) is 5.42. The summed E-state index contributed by atoms with van der Waals surface area (Å²) >= 11 is 0. The first kappa shape index (κ1) is 12.6. The maximum Gasteiger partial charge on any atom is 0.144 e. The van der Waals surface area contributed by atoms with Crippen LogP contribution in [0.1, 0.15) is 24.1 Å². The molecule has 0 saturated heterocycles. The first-order valence-electron chi connectivity index (χ1n) is 5.42. The lowest BCUT2D eigenvalue weighted by atomic mass is 10.2. The Kier molecular flexibility index (Phi) is 6.16. The Labute approximate surface area is 96.3 Å². The van der Waals surface area contributed by atoms with Gasteiger partial charge in [-0.1, -0.05) is 6.07 Å². The molecular formula is C12H17N3O. The average Bonchev–Trinajstić information content (AvgIpc) is 2.34. The van der Waals surface area contributed by atoms with Gasteiger partial charge >= 0.3 is 0 Å². The van der Waals surface area contributed by atoms with Gasteiger partial charge in [-0.05, 0) is 25.5 Å². The molecule has 1 N–H and O–H groups in total. The van der Waals surface area contributed by atoms with Gasteiger partial charge < -0.3 is 10.1 Å². The molecule has 0 spiro atoms. The molecule has 0 aliphatic heterocycles. The molecule has 1 rings (SSSR count). The van der Waals surface area contributed by atoms with Crippen LogP contribution in [0.15, 0.2) is 18.3 Å². The number of rotatable bonds is 7. The van der Waals surface area contributed by atoms with Gasteiger partial charge in [-0.2, -0.15) is 5.26 Å². The minimum absolute atomic E-state index is 0.506. The Hall–Kier alpha value is -1.44. The number of methoxy groups -OCH3 is 1. The van der Waals surface area contributed by atoms with E-state index < -0.39 is 0 Å². The predicted octanol–water partition coefficient (Wildman–Crippen LogP) is 1.47. The van der Waals surface area contributed by atoms with E-state index in [1.165, 1.54) is 0 Å². The minimum atomic E-state index is 0.506. The van der Waals surface area contributed by atoms with E-state index in [1.54, 1.807) is 13.3 Å². The fraction of sp³-hybridized carbons (Fsp3) is 0.500. The number of pyridine rings is 1. The van der Waals surface area contributed by atoms with E-state index >= 15 is 0 Å². The summed E-state index contributed by atoms with van der Waals surface area (Å²) < 4.78 is 4.96. The van der Waals surface area contributed by atoms with Gasteiger partial charge in [-0.15, -0.1) is 0 Å². The van der Waals surface area contributed by atoms with Crippen LogP contribution in [0.4, 0.5) is 0 Å². The van der Waals surface area contributed by atoms with Crippen LogP contribution in [0.25, 0.3) is 0 Å². The van der Waals surface area contributed by atoms with Gasteiger partial charge in [0, 0.05) is 32.0 Å². The van der Waals surface area contributed by atoms with E-state index in [0.717, 1.165) is 31.6 Å². The number of hydrogen-bond acceptors (Lipinski definition) is 4. The summed E-state index contributed by atoms with van der Waals surface area (Å²) in [6, 6.07) is 5.86. The summed E-state index contributed by atoms with van der Waals surface area (Å²) in [6.07, 6.45) is 3.78. The molecule has 4 heteroatoms. The molecule has 0 atom stereocenters. The van der Waals surface area contributed by atoms with E-state index in [1.807, 2.05) is 12.1 Å². The quantitative estimate of drug-likeness (QED) is 0.705. The maximum atomic E-state index is 8.83. The molecule has 0 aromatic carbocycles. The molecule has 1 aromatic rings. The van der Waals surface area contributed by atoms with Crippen molar-refractivity contribution in [3.05, 3.63) is 29.6 Å². The highest BCUT2D eigenvalue weighted by atomic mass is 16.5. The zero-order valence-corrected chi connectivity index (χ0v) is 9.57. The Bertz CT molecular complexity index is 346. The molecule has 1 heterocycles. The molecule has 4 nitrogen and oxygen atoms in total. The summed E-state index contributed by atoms with van der Waals surface area (Å²) in [5.74, 6) is 0. The van der Waals surface area contributed by atoms with Crippen LogP contribution < -0.4 is 5.32 Å². The maximum absolute atomic E-state index is 8.83. The van der Waals surface area contributed by atoms with Crippen LogP contribution in [0.2, 0.25) is 0 Å². The van der Waals surface area contributed by atoms with Gasteiger partial charge in [0.15, 0.2) is 0 Å². The van der Waals surface area contributed by atoms with Crippen LogP contribution in [-0.4, -0.2) is 25.2 Å². The number of aromatic nitrogens is 1. The van der Waals surface area contributed by atoms with Crippen molar-refractivity contribution in [2.75, 3.05) is 20.3 Å². The SMILES string of the molecule is COCCCCNCc1cccnc1C#N. The number of ether oxygens (including phenoxy) is 1. The van der Waals surface area contributed by atoms with Gasteiger partial charge in [-0.3, -0.25) is 0 Å². The zero-order chi connectivity index (χ0) is 11.6. The minimum Gasteiger partial charge on any atom is -0.385 e. The molecule has 16 heavy (non-hydrogen) atoms. The van der Waals surface area contributed by atoms with Crippen molar-refractivity contribution in [3.63, 3.8) is 0 Å². The largest absolute Gasteiger partial charge is 0.385 e. The highest BCUT2D eigenvalue weighted by Gasteiger charge is 2.00. The normalized spacial score (nSPS) is 10.0. The van der Waals surface area contributed by atoms with Crippen LogP contribution >= 0.6 is 0 Å². The second-order valence-corrected chi connectivity index (χ2v) is 3.50. The van der Waals surface area contributed by atoms with Crippen molar-refractivity contribution in [2.24, 2.45) is 0 Å². The number of nitriles is 1. The van der Waals surface area contributed by atoms with Crippen molar-refractivity contribution >= 4 is 0 Å². The van der Waals surface area contributed by atoms with E-state index in [9.17, 15) is 0 Å². The zero-order valence-electron chi connectivity index (χ0n) is 9.57. The molecule has 86 valence electrons.